The molecule has 1 atom stereocenters. The van der Waals surface area contributed by atoms with E-state index in [1.807, 2.05) is 36.4 Å². The number of rotatable bonds is 8. The number of aromatic nitrogens is 2. The molecule has 8 nitrogen and oxygen atoms in total. The minimum atomic E-state index is -0.269. The zero-order valence-electron chi connectivity index (χ0n) is 19.6. The van der Waals surface area contributed by atoms with E-state index >= 15 is 0 Å². The Balaban J connectivity index is 1.33. The van der Waals surface area contributed by atoms with Crippen molar-refractivity contribution in [2.45, 2.75) is 44.6 Å². The second-order valence-electron chi connectivity index (χ2n) is 8.98. The predicted molar refractivity (Wildman–Crippen MR) is 134 cm³/mol. The summed E-state index contributed by atoms with van der Waals surface area (Å²) in [6, 6.07) is 13.5. The largest absolute Gasteiger partial charge is 0.376 e. The number of hydrogen-bond acceptors (Lipinski definition) is 6. The van der Waals surface area contributed by atoms with Crippen LogP contribution in [0.1, 0.15) is 48.2 Å². The van der Waals surface area contributed by atoms with Crippen LogP contribution in [0.3, 0.4) is 0 Å². The topological polar surface area (TPSA) is 105 Å². The molecule has 35 heavy (non-hydrogen) atoms. The number of carbonyl (C=O) groups is 2. The summed E-state index contributed by atoms with van der Waals surface area (Å²) in [7, 11) is 0. The summed E-state index contributed by atoms with van der Waals surface area (Å²) in [6.45, 7) is 1.11. The van der Waals surface area contributed by atoms with Crippen LogP contribution in [-0.2, 0) is 20.7 Å². The molecule has 1 amide bonds. The number of hydrogen-bond donors (Lipinski definition) is 3. The number of nitrogens with zero attached hydrogens (tertiary/aromatic N) is 1. The van der Waals surface area contributed by atoms with Crippen molar-refractivity contribution in [3.8, 4) is 11.3 Å². The van der Waals surface area contributed by atoms with Gasteiger partial charge in [-0.25, -0.2) is 4.98 Å². The van der Waals surface area contributed by atoms with E-state index in [9.17, 15) is 9.59 Å². The second-order valence-corrected chi connectivity index (χ2v) is 8.98. The monoisotopic (exact) mass is 474 g/mol. The minimum absolute atomic E-state index is 0.0577. The molecule has 1 aromatic carbocycles. The van der Waals surface area contributed by atoms with Crippen LogP contribution in [-0.4, -0.2) is 47.6 Å². The number of ketones is 1. The van der Waals surface area contributed by atoms with E-state index in [0.717, 1.165) is 72.6 Å². The van der Waals surface area contributed by atoms with Gasteiger partial charge in [0.2, 0.25) is 0 Å². The molecule has 0 radical (unpaired) electrons. The standard InChI is InChI=1S/C27H30N4O4/c32-22-11-6-10-21-25(22)27(29-19-7-2-1-3-8-19)26(30-21)18-12-13-28-23(15-18)31-24(33)17-34-16-20-9-4-5-14-35-20/h1-3,7-8,12-13,15,20,29-30H,4-6,9-11,14,16-17H2,(H,28,31,33). The summed E-state index contributed by atoms with van der Waals surface area (Å²) < 4.78 is 11.2. The summed E-state index contributed by atoms with van der Waals surface area (Å²) in [5.41, 5.74) is 4.95. The molecule has 1 aliphatic heterocycles. The number of pyridine rings is 1. The number of carbonyl (C=O) groups excluding carboxylic acids is 2. The summed E-state index contributed by atoms with van der Waals surface area (Å²) >= 11 is 0. The molecule has 3 N–H and O–H groups in total. The molecular formula is C27H30N4O4. The highest BCUT2D eigenvalue weighted by molar-refractivity contribution is 6.07. The van der Waals surface area contributed by atoms with Gasteiger partial charge in [-0.15, -0.1) is 0 Å². The van der Waals surface area contributed by atoms with Crippen LogP contribution in [0.25, 0.3) is 11.3 Å². The first-order chi connectivity index (χ1) is 17.2. The third-order valence-corrected chi connectivity index (χ3v) is 6.36. The molecule has 2 aliphatic rings. The summed E-state index contributed by atoms with van der Waals surface area (Å²) in [4.78, 5) is 33.0. The van der Waals surface area contributed by atoms with Crippen LogP contribution in [0.2, 0.25) is 0 Å². The van der Waals surface area contributed by atoms with Crippen molar-refractivity contribution in [3.05, 3.63) is 59.9 Å². The van der Waals surface area contributed by atoms with E-state index < -0.39 is 0 Å². The quantitative estimate of drug-likeness (QED) is 0.430. The van der Waals surface area contributed by atoms with E-state index in [1.165, 1.54) is 0 Å². The molecule has 3 aromatic rings. The van der Waals surface area contributed by atoms with Crippen LogP contribution in [0.15, 0.2) is 48.7 Å². The Morgan fingerprint density at radius 3 is 2.86 bits per heavy atom. The lowest BCUT2D eigenvalue weighted by molar-refractivity contribution is -0.122. The van der Waals surface area contributed by atoms with Crippen molar-refractivity contribution in [2.24, 2.45) is 0 Å². The smallest absolute Gasteiger partial charge is 0.251 e. The zero-order chi connectivity index (χ0) is 24.0. The van der Waals surface area contributed by atoms with Crippen LogP contribution in [0.5, 0.6) is 0 Å². The number of nitrogens with one attached hydrogen (secondary N) is 3. The highest BCUT2D eigenvalue weighted by Crippen LogP contribution is 2.39. The summed E-state index contributed by atoms with van der Waals surface area (Å²) in [6.07, 6.45) is 7.09. The normalized spacial score (nSPS) is 17.6. The fourth-order valence-electron chi connectivity index (χ4n) is 4.66. The number of amides is 1. The highest BCUT2D eigenvalue weighted by atomic mass is 16.5. The van der Waals surface area contributed by atoms with E-state index in [1.54, 1.807) is 12.3 Å². The Morgan fingerprint density at radius 1 is 1.14 bits per heavy atom. The van der Waals surface area contributed by atoms with Gasteiger partial charge < -0.3 is 25.1 Å². The number of benzene rings is 1. The lowest BCUT2D eigenvalue weighted by atomic mass is 9.95. The molecule has 8 heteroatoms. The molecule has 1 aliphatic carbocycles. The van der Waals surface area contributed by atoms with Gasteiger partial charge in [0.25, 0.3) is 5.91 Å². The minimum Gasteiger partial charge on any atom is -0.376 e. The molecule has 182 valence electrons. The number of aromatic amines is 1. The second kappa shape index (κ2) is 10.8. The molecule has 0 bridgehead atoms. The lowest BCUT2D eigenvalue weighted by Gasteiger charge is -2.22. The first kappa shape index (κ1) is 23.3. The number of aryl methyl sites for hydroxylation is 1. The van der Waals surface area contributed by atoms with E-state index in [0.29, 0.717) is 18.8 Å². The molecular weight excluding hydrogens is 444 g/mol. The molecule has 1 unspecified atom stereocenters. The molecule has 1 fully saturated rings. The van der Waals surface area contributed by atoms with Gasteiger partial charge >= 0.3 is 0 Å². The molecule has 0 saturated carbocycles. The first-order valence-electron chi connectivity index (χ1n) is 12.2. The van der Waals surface area contributed by atoms with Gasteiger partial charge in [-0.3, -0.25) is 9.59 Å². The number of ether oxygens (including phenoxy) is 2. The number of fused-ring (bicyclic) bond motifs is 1. The molecule has 2 aromatic heterocycles. The number of H-pyrrole nitrogens is 1. The zero-order valence-corrected chi connectivity index (χ0v) is 19.6. The number of anilines is 3. The maximum Gasteiger partial charge on any atom is 0.251 e. The van der Waals surface area contributed by atoms with Crippen LogP contribution in [0, 0.1) is 0 Å². The van der Waals surface area contributed by atoms with Crippen LogP contribution in [0.4, 0.5) is 17.2 Å². The number of Topliss-reactive ketones (excluding diaryl/α,β-unsaturated/α-hetero) is 1. The van der Waals surface area contributed by atoms with Crippen molar-refractivity contribution in [1.82, 2.24) is 9.97 Å². The van der Waals surface area contributed by atoms with E-state index in [-0.39, 0.29) is 24.4 Å². The fourth-order valence-corrected chi connectivity index (χ4v) is 4.66. The van der Waals surface area contributed by atoms with E-state index in [4.69, 9.17) is 9.47 Å². The molecule has 5 rings (SSSR count). The van der Waals surface area contributed by atoms with Crippen LogP contribution >= 0.6 is 0 Å². The van der Waals surface area contributed by atoms with Gasteiger partial charge in [-0.05, 0) is 56.4 Å². The van der Waals surface area contributed by atoms with Crippen molar-refractivity contribution in [2.75, 3.05) is 30.5 Å². The average molecular weight is 475 g/mol. The number of para-hydroxylation sites is 1. The summed E-state index contributed by atoms with van der Waals surface area (Å²) in [5, 5.41) is 6.25. The van der Waals surface area contributed by atoms with Crippen molar-refractivity contribution < 1.29 is 19.1 Å². The first-order valence-corrected chi connectivity index (χ1v) is 12.2. The summed E-state index contributed by atoms with van der Waals surface area (Å²) in [5.74, 6) is 0.289. The Labute approximate surface area is 204 Å². The molecule has 1 saturated heterocycles. The van der Waals surface area contributed by atoms with Crippen LogP contribution < -0.4 is 10.6 Å². The maximum atomic E-state index is 12.8. The third kappa shape index (κ3) is 5.61. The van der Waals surface area contributed by atoms with E-state index in [2.05, 4.69) is 20.6 Å². The van der Waals surface area contributed by atoms with Gasteiger partial charge in [0.1, 0.15) is 12.4 Å². The van der Waals surface area contributed by atoms with Gasteiger partial charge in [-0.1, -0.05) is 18.2 Å². The van der Waals surface area contributed by atoms with Gasteiger partial charge in [0, 0.05) is 36.2 Å². The maximum absolute atomic E-state index is 12.8. The predicted octanol–water partition coefficient (Wildman–Crippen LogP) is 4.86. The van der Waals surface area contributed by atoms with Gasteiger partial charge in [0.05, 0.1) is 29.7 Å². The van der Waals surface area contributed by atoms with Gasteiger partial charge in [-0.2, -0.15) is 0 Å². The third-order valence-electron chi connectivity index (χ3n) is 6.36. The highest BCUT2D eigenvalue weighted by Gasteiger charge is 2.27. The Hall–Kier alpha value is -3.49. The van der Waals surface area contributed by atoms with Crippen molar-refractivity contribution in [3.63, 3.8) is 0 Å². The molecule has 3 heterocycles. The van der Waals surface area contributed by atoms with Crippen molar-refractivity contribution in [1.29, 1.82) is 0 Å². The average Bonchev–Trinajstić information content (AvgIpc) is 3.25. The Morgan fingerprint density at radius 2 is 2.03 bits per heavy atom. The fraction of sp³-hybridized carbons (Fsp3) is 0.370. The molecule has 0 spiro atoms. The van der Waals surface area contributed by atoms with Gasteiger partial charge in [0.15, 0.2) is 5.78 Å². The SMILES string of the molecule is O=C(COCC1CCCCO1)Nc1cc(-c2[nH]c3c(c2Nc2ccccc2)C(=O)CCC3)ccn1. The lowest BCUT2D eigenvalue weighted by Crippen LogP contribution is -2.27. The Kier molecular flexibility index (Phi) is 7.20. The Bertz CT molecular complexity index is 1190. The van der Waals surface area contributed by atoms with Crippen molar-refractivity contribution >= 4 is 28.9 Å².